The summed E-state index contributed by atoms with van der Waals surface area (Å²) in [6.07, 6.45) is 2.92. The van der Waals surface area contributed by atoms with Crippen molar-refractivity contribution in [3.05, 3.63) is 23.8 Å². The number of hydrogen-bond acceptors (Lipinski definition) is 7. The number of benzene rings is 1. The molecule has 1 aromatic carbocycles. The minimum absolute atomic E-state index is 0.123. The van der Waals surface area contributed by atoms with E-state index in [0.717, 1.165) is 19.3 Å². The molecule has 1 aliphatic carbocycles. The molecule has 1 saturated carbocycles. The lowest BCUT2D eigenvalue weighted by Gasteiger charge is -2.32. The summed E-state index contributed by atoms with van der Waals surface area (Å²) in [6.45, 7) is 2.45. The Morgan fingerprint density at radius 3 is 2.48 bits per heavy atom. The van der Waals surface area contributed by atoms with E-state index in [1.165, 1.54) is 33.1 Å². The molecule has 1 fully saturated rings. The fourth-order valence-corrected chi connectivity index (χ4v) is 3.18. The van der Waals surface area contributed by atoms with Crippen LogP contribution < -0.4 is 14.8 Å². The minimum atomic E-state index is -1.06. The lowest BCUT2D eigenvalue weighted by molar-refractivity contribution is -0.157. The molecule has 0 aromatic heterocycles. The second kappa shape index (κ2) is 9.92. The maximum atomic E-state index is 12.4. The van der Waals surface area contributed by atoms with Crippen LogP contribution in [0.15, 0.2) is 18.2 Å². The Morgan fingerprint density at radius 2 is 1.90 bits per heavy atom. The standard InChI is InChI=1S/C21H26N2O6/c1-14(24)16-7-8-17(18(11-16)27-3)28-12-19(25)29-15(2)20(26)23-21(13-22)9-5-4-6-10-21/h7-8,11,15H,4-6,9-10,12H2,1-3H3,(H,23,26)/t15-/m0/s1. The summed E-state index contributed by atoms with van der Waals surface area (Å²) in [7, 11) is 1.42. The van der Waals surface area contributed by atoms with Crippen LogP contribution in [-0.2, 0) is 14.3 Å². The highest BCUT2D eigenvalue weighted by atomic mass is 16.6. The number of nitriles is 1. The molecule has 29 heavy (non-hydrogen) atoms. The summed E-state index contributed by atoms with van der Waals surface area (Å²) < 4.78 is 15.7. The predicted octanol–water partition coefficient (Wildman–Crippen LogP) is 2.55. The molecule has 1 aromatic rings. The molecule has 1 amide bonds. The van der Waals surface area contributed by atoms with Gasteiger partial charge in [0, 0.05) is 5.56 Å². The number of hydrogen-bond donors (Lipinski definition) is 1. The maximum absolute atomic E-state index is 12.4. The highest BCUT2D eigenvalue weighted by Crippen LogP contribution is 2.29. The number of nitrogens with one attached hydrogen (secondary N) is 1. The minimum Gasteiger partial charge on any atom is -0.493 e. The Morgan fingerprint density at radius 1 is 1.21 bits per heavy atom. The number of esters is 1. The zero-order chi connectivity index (χ0) is 21.4. The van der Waals surface area contributed by atoms with Crippen molar-refractivity contribution in [1.82, 2.24) is 5.32 Å². The number of nitrogens with zero attached hydrogens (tertiary/aromatic N) is 1. The molecule has 0 heterocycles. The molecule has 8 heteroatoms. The van der Waals surface area contributed by atoms with Gasteiger partial charge in [0.25, 0.3) is 5.91 Å². The molecule has 0 bridgehead atoms. The van der Waals surface area contributed by atoms with Crippen LogP contribution in [0.2, 0.25) is 0 Å². The van der Waals surface area contributed by atoms with Crippen LogP contribution in [0.4, 0.5) is 0 Å². The number of Topliss-reactive ketones (excluding diaryl/α,β-unsaturated/α-hetero) is 1. The van der Waals surface area contributed by atoms with Crippen LogP contribution in [-0.4, -0.2) is 43.0 Å². The number of carbonyl (C=O) groups is 3. The van der Waals surface area contributed by atoms with Gasteiger partial charge in [-0.25, -0.2) is 4.79 Å². The van der Waals surface area contributed by atoms with E-state index >= 15 is 0 Å². The summed E-state index contributed by atoms with van der Waals surface area (Å²) >= 11 is 0. The van der Waals surface area contributed by atoms with E-state index in [1.54, 1.807) is 6.07 Å². The quantitative estimate of drug-likeness (QED) is 0.525. The van der Waals surface area contributed by atoms with E-state index in [1.807, 2.05) is 0 Å². The number of rotatable bonds is 8. The van der Waals surface area contributed by atoms with Gasteiger partial charge in [-0.05, 0) is 44.9 Å². The molecule has 2 rings (SSSR count). The number of ketones is 1. The molecule has 1 atom stereocenters. The number of ether oxygens (including phenoxy) is 3. The molecular weight excluding hydrogens is 376 g/mol. The lowest BCUT2D eigenvalue weighted by atomic mass is 9.83. The summed E-state index contributed by atoms with van der Waals surface area (Å²) in [4.78, 5) is 35.8. The molecule has 0 spiro atoms. The monoisotopic (exact) mass is 402 g/mol. The molecule has 0 aliphatic heterocycles. The SMILES string of the molecule is COc1cc(C(C)=O)ccc1OCC(=O)O[C@@H](C)C(=O)NC1(C#N)CCCCC1. The van der Waals surface area contributed by atoms with Crippen LogP contribution in [0.1, 0.15) is 56.3 Å². The van der Waals surface area contributed by atoms with Gasteiger partial charge < -0.3 is 19.5 Å². The van der Waals surface area contributed by atoms with Crippen molar-refractivity contribution < 1.29 is 28.6 Å². The normalized spacial score (nSPS) is 16.1. The highest BCUT2D eigenvalue weighted by molar-refractivity contribution is 5.94. The van der Waals surface area contributed by atoms with Gasteiger partial charge in [0.2, 0.25) is 0 Å². The average molecular weight is 402 g/mol. The molecule has 0 radical (unpaired) electrons. The highest BCUT2D eigenvalue weighted by Gasteiger charge is 2.35. The van der Waals surface area contributed by atoms with E-state index < -0.39 is 30.1 Å². The molecule has 0 saturated heterocycles. The van der Waals surface area contributed by atoms with Crippen molar-refractivity contribution in [3.8, 4) is 17.6 Å². The van der Waals surface area contributed by atoms with Crippen LogP contribution in [0.25, 0.3) is 0 Å². The van der Waals surface area contributed by atoms with Crippen molar-refractivity contribution in [2.75, 3.05) is 13.7 Å². The number of carbonyl (C=O) groups excluding carboxylic acids is 3. The van der Waals surface area contributed by atoms with Crippen molar-refractivity contribution in [2.24, 2.45) is 0 Å². The molecule has 1 N–H and O–H groups in total. The molecule has 1 aliphatic rings. The van der Waals surface area contributed by atoms with E-state index in [4.69, 9.17) is 14.2 Å². The van der Waals surface area contributed by atoms with Crippen molar-refractivity contribution in [1.29, 1.82) is 5.26 Å². The summed E-state index contributed by atoms with van der Waals surface area (Å²) in [5.41, 5.74) is -0.436. The molecule has 0 unspecified atom stereocenters. The summed E-state index contributed by atoms with van der Waals surface area (Å²) in [5, 5.41) is 12.2. The van der Waals surface area contributed by atoms with Gasteiger partial charge in [-0.1, -0.05) is 19.3 Å². The topological polar surface area (TPSA) is 115 Å². The Hall–Kier alpha value is -3.08. The Labute approximate surface area is 170 Å². The van der Waals surface area contributed by atoms with E-state index in [0.29, 0.717) is 24.2 Å². The Bertz CT molecular complexity index is 808. The first-order valence-corrected chi connectivity index (χ1v) is 9.55. The van der Waals surface area contributed by atoms with Crippen LogP contribution in [0.5, 0.6) is 11.5 Å². The Kier molecular flexibility index (Phi) is 7.59. The van der Waals surface area contributed by atoms with Crippen LogP contribution in [0.3, 0.4) is 0 Å². The first-order valence-electron chi connectivity index (χ1n) is 9.55. The zero-order valence-corrected chi connectivity index (χ0v) is 16.9. The second-order valence-corrected chi connectivity index (χ2v) is 7.09. The van der Waals surface area contributed by atoms with Gasteiger partial charge in [-0.3, -0.25) is 9.59 Å². The van der Waals surface area contributed by atoms with Crippen LogP contribution >= 0.6 is 0 Å². The van der Waals surface area contributed by atoms with Gasteiger partial charge in [0.15, 0.2) is 30.0 Å². The van der Waals surface area contributed by atoms with Crippen molar-refractivity contribution in [2.45, 2.75) is 57.6 Å². The number of methoxy groups -OCH3 is 1. The third-order valence-electron chi connectivity index (χ3n) is 4.88. The summed E-state index contributed by atoms with van der Waals surface area (Å²) in [6, 6.07) is 6.80. The fraction of sp³-hybridized carbons (Fsp3) is 0.524. The maximum Gasteiger partial charge on any atom is 0.344 e. The fourth-order valence-electron chi connectivity index (χ4n) is 3.18. The average Bonchev–Trinajstić information content (AvgIpc) is 2.72. The third-order valence-corrected chi connectivity index (χ3v) is 4.88. The molecule has 8 nitrogen and oxygen atoms in total. The van der Waals surface area contributed by atoms with Crippen molar-refractivity contribution >= 4 is 17.7 Å². The third kappa shape index (κ3) is 5.95. The van der Waals surface area contributed by atoms with Gasteiger partial charge in [0.1, 0.15) is 5.54 Å². The van der Waals surface area contributed by atoms with Gasteiger partial charge in [-0.15, -0.1) is 0 Å². The van der Waals surface area contributed by atoms with Gasteiger partial charge >= 0.3 is 5.97 Å². The Balaban J connectivity index is 1.89. The predicted molar refractivity (Wildman–Crippen MR) is 104 cm³/mol. The van der Waals surface area contributed by atoms with E-state index in [9.17, 15) is 19.6 Å². The zero-order valence-electron chi connectivity index (χ0n) is 16.9. The van der Waals surface area contributed by atoms with Crippen molar-refractivity contribution in [3.63, 3.8) is 0 Å². The largest absolute Gasteiger partial charge is 0.493 e. The van der Waals surface area contributed by atoms with Gasteiger partial charge in [0.05, 0.1) is 13.2 Å². The van der Waals surface area contributed by atoms with E-state index in [-0.39, 0.29) is 11.5 Å². The first kappa shape index (κ1) is 22.2. The van der Waals surface area contributed by atoms with Gasteiger partial charge in [-0.2, -0.15) is 5.26 Å². The lowest BCUT2D eigenvalue weighted by Crippen LogP contribution is -2.52. The smallest absolute Gasteiger partial charge is 0.344 e. The first-order chi connectivity index (χ1) is 13.8. The van der Waals surface area contributed by atoms with E-state index in [2.05, 4.69) is 11.4 Å². The molecule has 156 valence electrons. The second-order valence-electron chi connectivity index (χ2n) is 7.09. The number of amides is 1. The molecular formula is C21H26N2O6. The summed E-state index contributed by atoms with van der Waals surface area (Å²) in [5.74, 6) is -0.783. The van der Waals surface area contributed by atoms with Crippen LogP contribution in [0, 0.1) is 11.3 Å².